The fourth-order valence-electron chi connectivity index (χ4n) is 3.27. The molecule has 0 radical (unpaired) electrons. The van der Waals surface area contributed by atoms with Gasteiger partial charge in [0.25, 0.3) is 0 Å². The van der Waals surface area contributed by atoms with Crippen LogP contribution in [0.4, 0.5) is 5.82 Å². The molecule has 2 aromatic rings. The van der Waals surface area contributed by atoms with Gasteiger partial charge in [-0.25, -0.2) is 4.98 Å². The van der Waals surface area contributed by atoms with Crippen LogP contribution in [-0.2, 0) is 11.8 Å². The van der Waals surface area contributed by atoms with Gasteiger partial charge in [0.15, 0.2) is 0 Å². The van der Waals surface area contributed by atoms with Crippen molar-refractivity contribution in [2.24, 2.45) is 7.05 Å². The van der Waals surface area contributed by atoms with E-state index in [9.17, 15) is 4.79 Å². The summed E-state index contributed by atoms with van der Waals surface area (Å²) in [5, 5.41) is 3.10. The Hall–Kier alpha value is -2.14. The molecule has 0 spiro atoms. The maximum atomic E-state index is 12.8. The van der Waals surface area contributed by atoms with E-state index in [1.165, 1.54) is 0 Å². The average Bonchev–Trinajstić information content (AvgIpc) is 3.16. The molecule has 0 bridgehead atoms. The van der Waals surface area contributed by atoms with Gasteiger partial charge < -0.3 is 9.88 Å². The Kier molecular flexibility index (Phi) is 4.48. The zero-order chi connectivity index (χ0) is 16.4. The standard InChI is InChI=1S/C18H24N4O/c1-13(2)22-11-7-10-15(22)18(23)20-17-16(19-12-21(17)3)14-8-5-4-6-9-14/h4-6,8-9,12-13,15H,7,10-11H2,1-3H3,(H,20,23). The number of aromatic nitrogens is 2. The summed E-state index contributed by atoms with van der Waals surface area (Å²) in [6, 6.07) is 10.3. The highest BCUT2D eigenvalue weighted by molar-refractivity contribution is 5.97. The van der Waals surface area contributed by atoms with Crippen LogP contribution in [0.5, 0.6) is 0 Å². The molecule has 1 aliphatic heterocycles. The van der Waals surface area contributed by atoms with Crippen molar-refractivity contribution >= 4 is 11.7 Å². The first-order valence-electron chi connectivity index (χ1n) is 8.21. The molecule has 1 N–H and O–H groups in total. The van der Waals surface area contributed by atoms with Gasteiger partial charge in [-0.1, -0.05) is 30.3 Å². The molecule has 1 saturated heterocycles. The third-order valence-electron chi connectivity index (χ3n) is 4.49. The maximum absolute atomic E-state index is 12.8. The third-order valence-corrected chi connectivity index (χ3v) is 4.49. The van der Waals surface area contributed by atoms with Crippen LogP contribution in [0.2, 0.25) is 0 Å². The molecule has 5 nitrogen and oxygen atoms in total. The Labute approximate surface area is 137 Å². The third kappa shape index (κ3) is 3.15. The Morgan fingerprint density at radius 2 is 2.04 bits per heavy atom. The monoisotopic (exact) mass is 312 g/mol. The van der Waals surface area contributed by atoms with Gasteiger partial charge in [0.2, 0.25) is 5.91 Å². The minimum Gasteiger partial charge on any atom is -0.320 e. The number of hydrogen-bond donors (Lipinski definition) is 1. The lowest BCUT2D eigenvalue weighted by molar-refractivity contribution is -0.120. The lowest BCUT2D eigenvalue weighted by atomic mass is 10.1. The molecule has 0 saturated carbocycles. The second-order valence-electron chi connectivity index (χ2n) is 6.40. The van der Waals surface area contributed by atoms with Crippen LogP contribution in [0.15, 0.2) is 36.7 Å². The molecule has 23 heavy (non-hydrogen) atoms. The van der Waals surface area contributed by atoms with Crippen LogP contribution in [0.1, 0.15) is 26.7 Å². The smallest absolute Gasteiger partial charge is 0.242 e. The highest BCUT2D eigenvalue weighted by Crippen LogP contribution is 2.27. The number of likely N-dealkylation sites (tertiary alicyclic amines) is 1. The fraction of sp³-hybridized carbons (Fsp3) is 0.444. The molecular formula is C18H24N4O. The maximum Gasteiger partial charge on any atom is 0.242 e. The summed E-state index contributed by atoms with van der Waals surface area (Å²) < 4.78 is 1.87. The van der Waals surface area contributed by atoms with E-state index in [-0.39, 0.29) is 11.9 Å². The summed E-state index contributed by atoms with van der Waals surface area (Å²) in [5.74, 6) is 0.828. The number of benzene rings is 1. The molecule has 2 heterocycles. The van der Waals surface area contributed by atoms with Crippen LogP contribution in [0, 0.1) is 0 Å². The molecule has 1 aromatic heterocycles. The van der Waals surface area contributed by atoms with Gasteiger partial charge in [0, 0.05) is 18.7 Å². The number of hydrogen-bond acceptors (Lipinski definition) is 3. The second kappa shape index (κ2) is 6.54. The molecular weight excluding hydrogens is 288 g/mol. The van der Waals surface area contributed by atoms with Gasteiger partial charge in [0.1, 0.15) is 11.5 Å². The minimum absolute atomic E-state index is 0.0477. The van der Waals surface area contributed by atoms with Crippen molar-refractivity contribution in [3.05, 3.63) is 36.7 Å². The van der Waals surface area contributed by atoms with E-state index >= 15 is 0 Å². The first kappa shape index (κ1) is 15.7. The van der Waals surface area contributed by atoms with Crippen LogP contribution in [0.25, 0.3) is 11.3 Å². The quantitative estimate of drug-likeness (QED) is 0.944. The molecule has 1 aromatic carbocycles. The Morgan fingerprint density at radius 1 is 1.30 bits per heavy atom. The molecule has 1 aliphatic rings. The summed E-state index contributed by atoms with van der Waals surface area (Å²) >= 11 is 0. The first-order chi connectivity index (χ1) is 11.1. The summed E-state index contributed by atoms with van der Waals surface area (Å²) in [4.78, 5) is 19.5. The number of amides is 1. The summed E-state index contributed by atoms with van der Waals surface area (Å²) in [5.41, 5.74) is 1.83. The van der Waals surface area contributed by atoms with E-state index in [1.54, 1.807) is 6.33 Å². The normalized spacial score (nSPS) is 18.5. The summed E-state index contributed by atoms with van der Waals surface area (Å²) in [6.45, 7) is 5.28. The van der Waals surface area contributed by atoms with E-state index in [0.29, 0.717) is 6.04 Å². The van der Waals surface area contributed by atoms with Gasteiger partial charge in [-0.05, 0) is 33.2 Å². The van der Waals surface area contributed by atoms with Crippen molar-refractivity contribution in [3.63, 3.8) is 0 Å². The number of aryl methyl sites for hydroxylation is 1. The molecule has 122 valence electrons. The number of nitrogens with one attached hydrogen (secondary N) is 1. The van der Waals surface area contributed by atoms with Gasteiger partial charge in [0.05, 0.1) is 12.4 Å². The van der Waals surface area contributed by atoms with Crippen LogP contribution in [0.3, 0.4) is 0 Å². The van der Waals surface area contributed by atoms with Gasteiger partial charge in [-0.15, -0.1) is 0 Å². The largest absolute Gasteiger partial charge is 0.320 e. The summed E-state index contributed by atoms with van der Waals surface area (Å²) in [7, 11) is 1.91. The van der Waals surface area contributed by atoms with Gasteiger partial charge >= 0.3 is 0 Å². The number of rotatable bonds is 4. The predicted molar refractivity (Wildman–Crippen MR) is 92.1 cm³/mol. The SMILES string of the molecule is CC(C)N1CCCC1C(=O)Nc1c(-c2ccccc2)ncn1C. The Balaban J connectivity index is 1.83. The average molecular weight is 312 g/mol. The Bertz CT molecular complexity index is 678. The van der Waals surface area contributed by atoms with Crippen molar-refractivity contribution in [1.29, 1.82) is 0 Å². The van der Waals surface area contributed by atoms with Crippen molar-refractivity contribution in [2.45, 2.75) is 38.8 Å². The topological polar surface area (TPSA) is 50.2 Å². The number of anilines is 1. The fourth-order valence-corrected chi connectivity index (χ4v) is 3.27. The molecule has 1 atom stereocenters. The van der Waals surface area contributed by atoms with Crippen molar-refractivity contribution in [3.8, 4) is 11.3 Å². The van der Waals surface area contributed by atoms with Crippen LogP contribution < -0.4 is 5.32 Å². The highest BCUT2D eigenvalue weighted by atomic mass is 16.2. The van der Waals surface area contributed by atoms with Gasteiger partial charge in [-0.3, -0.25) is 9.69 Å². The van der Waals surface area contributed by atoms with Gasteiger partial charge in [-0.2, -0.15) is 0 Å². The molecule has 1 fully saturated rings. The number of nitrogens with zero attached hydrogens (tertiary/aromatic N) is 3. The van der Waals surface area contributed by atoms with E-state index in [0.717, 1.165) is 36.5 Å². The first-order valence-corrected chi connectivity index (χ1v) is 8.21. The van der Waals surface area contributed by atoms with Crippen LogP contribution >= 0.6 is 0 Å². The number of carbonyl (C=O) groups excluding carboxylic acids is 1. The molecule has 1 unspecified atom stereocenters. The summed E-state index contributed by atoms with van der Waals surface area (Å²) in [6.07, 6.45) is 3.74. The van der Waals surface area contributed by atoms with E-state index in [2.05, 4.69) is 29.0 Å². The van der Waals surface area contributed by atoms with Crippen molar-refractivity contribution in [1.82, 2.24) is 14.5 Å². The zero-order valence-corrected chi connectivity index (χ0v) is 14.0. The lowest BCUT2D eigenvalue weighted by Gasteiger charge is -2.27. The molecule has 0 aliphatic carbocycles. The van der Waals surface area contributed by atoms with E-state index < -0.39 is 0 Å². The Morgan fingerprint density at radius 3 is 2.74 bits per heavy atom. The second-order valence-corrected chi connectivity index (χ2v) is 6.40. The van der Waals surface area contributed by atoms with Crippen molar-refractivity contribution in [2.75, 3.05) is 11.9 Å². The van der Waals surface area contributed by atoms with E-state index in [1.807, 2.05) is 41.9 Å². The molecule has 1 amide bonds. The minimum atomic E-state index is -0.0477. The number of carbonyl (C=O) groups is 1. The highest BCUT2D eigenvalue weighted by Gasteiger charge is 2.32. The van der Waals surface area contributed by atoms with Crippen molar-refractivity contribution < 1.29 is 4.79 Å². The zero-order valence-electron chi connectivity index (χ0n) is 14.0. The molecule has 3 rings (SSSR count). The molecule has 5 heteroatoms. The van der Waals surface area contributed by atoms with Crippen LogP contribution in [-0.4, -0.2) is 39.0 Å². The lowest BCUT2D eigenvalue weighted by Crippen LogP contribution is -2.43. The number of imidazole rings is 1. The predicted octanol–water partition coefficient (Wildman–Crippen LogP) is 2.90. The van der Waals surface area contributed by atoms with E-state index in [4.69, 9.17) is 0 Å².